The van der Waals surface area contributed by atoms with Crippen molar-refractivity contribution in [2.24, 2.45) is 0 Å². The average molecular weight is 176 g/mol. The van der Waals surface area contributed by atoms with E-state index in [0.29, 0.717) is 19.4 Å². The maximum absolute atomic E-state index is 10.6. The molecule has 0 radical (unpaired) electrons. The van der Waals surface area contributed by atoms with Crippen molar-refractivity contribution in [3.8, 4) is 0 Å². The molecule has 0 saturated carbocycles. The van der Waals surface area contributed by atoms with Crippen LogP contribution in [-0.4, -0.2) is 37.5 Å². The van der Waals surface area contributed by atoms with Crippen molar-refractivity contribution in [3.05, 3.63) is 0 Å². The Balaban J connectivity index is 3.61. The summed E-state index contributed by atoms with van der Waals surface area (Å²) < 4.78 is 9.76. The summed E-state index contributed by atoms with van der Waals surface area (Å²) in [7, 11) is 1.55. The molecule has 0 spiro atoms. The summed E-state index contributed by atoms with van der Waals surface area (Å²) in [6, 6.07) is 0. The van der Waals surface area contributed by atoms with Gasteiger partial charge in [0.2, 0.25) is 0 Å². The highest BCUT2D eigenvalue weighted by Crippen LogP contribution is 2.02. The molecule has 0 aliphatic heterocycles. The highest BCUT2D eigenvalue weighted by molar-refractivity contribution is 5.66. The summed E-state index contributed by atoms with van der Waals surface area (Å²) >= 11 is 0. The molecular weight excluding hydrogens is 160 g/mol. The Labute approximate surface area is 72.5 Å². The van der Waals surface area contributed by atoms with E-state index in [2.05, 4.69) is 0 Å². The number of hydrogen-bond acceptors (Lipinski definition) is 4. The molecule has 0 aromatic rings. The molecule has 1 N–H and O–H groups in total. The minimum Gasteiger partial charge on any atom is -0.460 e. The number of esters is 1. The van der Waals surface area contributed by atoms with Crippen molar-refractivity contribution >= 4 is 5.97 Å². The molecule has 12 heavy (non-hydrogen) atoms. The molecule has 0 rings (SSSR count). The molecule has 4 nitrogen and oxygen atoms in total. The van der Waals surface area contributed by atoms with E-state index in [0.717, 1.165) is 0 Å². The van der Waals surface area contributed by atoms with Gasteiger partial charge in [0.05, 0.1) is 6.61 Å². The standard InChI is InChI=1S/C8H16O4/c1-7(10)12-8(6-11-2)4-3-5-9/h8-9H,3-6H2,1-2H3. The quantitative estimate of drug-likeness (QED) is 0.593. The van der Waals surface area contributed by atoms with E-state index in [1.54, 1.807) is 7.11 Å². The fourth-order valence-electron chi connectivity index (χ4n) is 0.916. The highest BCUT2D eigenvalue weighted by Gasteiger charge is 2.10. The van der Waals surface area contributed by atoms with Gasteiger partial charge in [0.15, 0.2) is 0 Å². The van der Waals surface area contributed by atoms with E-state index < -0.39 is 0 Å². The van der Waals surface area contributed by atoms with E-state index in [9.17, 15) is 4.79 Å². The minimum atomic E-state index is -0.310. The Kier molecular flexibility index (Phi) is 6.70. The summed E-state index contributed by atoms with van der Waals surface area (Å²) in [6.07, 6.45) is 1.05. The molecule has 72 valence electrons. The number of carbonyl (C=O) groups excluding carboxylic acids is 1. The van der Waals surface area contributed by atoms with Crippen LogP contribution in [0.1, 0.15) is 19.8 Å². The first-order valence-corrected chi connectivity index (χ1v) is 3.97. The summed E-state index contributed by atoms with van der Waals surface area (Å²) in [4.78, 5) is 10.6. The number of ether oxygens (including phenoxy) is 2. The third-order valence-electron chi connectivity index (χ3n) is 1.37. The van der Waals surface area contributed by atoms with E-state index >= 15 is 0 Å². The Morgan fingerprint density at radius 2 is 2.25 bits per heavy atom. The summed E-state index contributed by atoms with van der Waals surface area (Å²) in [6.45, 7) is 1.86. The highest BCUT2D eigenvalue weighted by atomic mass is 16.6. The second-order valence-electron chi connectivity index (χ2n) is 2.55. The van der Waals surface area contributed by atoms with Gasteiger partial charge in [-0.15, -0.1) is 0 Å². The van der Waals surface area contributed by atoms with Crippen LogP contribution in [0.25, 0.3) is 0 Å². The lowest BCUT2D eigenvalue weighted by molar-refractivity contribution is -0.149. The molecule has 0 aliphatic carbocycles. The predicted molar refractivity (Wildman–Crippen MR) is 43.7 cm³/mol. The molecule has 1 atom stereocenters. The number of methoxy groups -OCH3 is 1. The van der Waals surface area contributed by atoms with Crippen molar-refractivity contribution in [2.45, 2.75) is 25.9 Å². The Hall–Kier alpha value is -0.610. The average Bonchev–Trinajstić information content (AvgIpc) is 2.00. The zero-order valence-electron chi connectivity index (χ0n) is 7.58. The lowest BCUT2D eigenvalue weighted by atomic mass is 10.2. The van der Waals surface area contributed by atoms with Gasteiger partial charge in [-0.05, 0) is 12.8 Å². The first-order valence-electron chi connectivity index (χ1n) is 3.97. The maximum atomic E-state index is 10.6. The first-order chi connectivity index (χ1) is 5.70. The van der Waals surface area contributed by atoms with Crippen LogP contribution in [0.4, 0.5) is 0 Å². The Bertz CT molecular complexity index is 124. The molecule has 0 aromatic carbocycles. The molecule has 0 saturated heterocycles. The van der Waals surface area contributed by atoms with Gasteiger partial charge >= 0.3 is 5.97 Å². The number of rotatable bonds is 6. The number of aliphatic hydroxyl groups excluding tert-OH is 1. The molecule has 0 bridgehead atoms. The normalized spacial score (nSPS) is 12.6. The molecule has 0 fully saturated rings. The van der Waals surface area contributed by atoms with Crippen molar-refractivity contribution in [1.82, 2.24) is 0 Å². The second-order valence-corrected chi connectivity index (χ2v) is 2.55. The van der Waals surface area contributed by atoms with E-state index in [1.807, 2.05) is 0 Å². The monoisotopic (exact) mass is 176 g/mol. The molecule has 0 amide bonds. The zero-order valence-corrected chi connectivity index (χ0v) is 7.58. The van der Waals surface area contributed by atoms with Gasteiger partial charge in [0.1, 0.15) is 6.10 Å². The number of aliphatic hydroxyl groups is 1. The van der Waals surface area contributed by atoms with Crippen molar-refractivity contribution in [1.29, 1.82) is 0 Å². The largest absolute Gasteiger partial charge is 0.460 e. The van der Waals surface area contributed by atoms with Crippen LogP contribution < -0.4 is 0 Å². The van der Waals surface area contributed by atoms with Crippen molar-refractivity contribution in [2.75, 3.05) is 20.3 Å². The lowest BCUT2D eigenvalue weighted by Gasteiger charge is -2.14. The van der Waals surface area contributed by atoms with E-state index in [4.69, 9.17) is 14.6 Å². The fraction of sp³-hybridized carbons (Fsp3) is 0.875. The van der Waals surface area contributed by atoms with Gasteiger partial charge in [0.25, 0.3) is 0 Å². The van der Waals surface area contributed by atoms with Crippen molar-refractivity contribution < 1.29 is 19.4 Å². The van der Waals surface area contributed by atoms with Crippen LogP contribution in [0.5, 0.6) is 0 Å². The Morgan fingerprint density at radius 3 is 2.67 bits per heavy atom. The van der Waals surface area contributed by atoms with Gasteiger partial charge in [-0.3, -0.25) is 4.79 Å². The maximum Gasteiger partial charge on any atom is 0.302 e. The topological polar surface area (TPSA) is 55.8 Å². The second kappa shape index (κ2) is 7.06. The molecule has 1 unspecified atom stereocenters. The van der Waals surface area contributed by atoms with Crippen LogP contribution >= 0.6 is 0 Å². The number of carbonyl (C=O) groups is 1. The fourth-order valence-corrected chi connectivity index (χ4v) is 0.916. The smallest absolute Gasteiger partial charge is 0.302 e. The third kappa shape index (κ3) is 6.12. The SMILES string of the molecule is COCC(CCCO)OC(C)=O. The summed E-state index contributed by atoms with van der Waals surface area (Å²) in [5, 5.41) is 8.54. The molecular formula is C8H16O4. The van der Waals surface area contributed by atoms with Crippen LogP contribution in [-0.2, 0) is 14.3 Å². The number of hydrogen-bond donors (Lipinski definition) is 1. The van der Waals surface area contributed by atoms with E-state index in [1.165, 1.54) is 6.92 Å². The van der Waals surface area contributed by atoms with Crippen LogP contribution in [0.3, 0.4) is 0 Å². The molecule has 0 aliphatic rings. The summed E-state index contributed by atoms with van der Waals surface area (Å²) in [5.74, 6) is -0.310. The van der Waals surface area contributed by atoms with Gasteiger partial charge in [0, 0.05) is 20.6 Å². The summed E-state index contributed by atoms with van der Waals surface area (Å²) in [5.41, 5.74) is 0. The third-order valence-corrected chi connectivity index (χ3v) is 1.37. The first kappa shape index (κ1) is 11.4. The molecule has 0 aromatic heterocycles. The van der Waals surface area contributed by atoms with Gasteiger partial charge in [-0.25, -0.2) is 0 Å². The molecule has 0 heterocycles. The van der Waals surface area contributed by atoms with Crippen LogP contribution in [0.2, 0.25) is 0 Å². The van der Waals surface area contributed by atoms with Gasteiger partial charge < -0.3 is 14.6 Å². The Morgan fingerprint density at radius 1 is 1.58 bits per heavy atom. The zero-order chi connectivity index (χ0) is 9.40. The van der Waals surface area contributed by atoms with Gasteiger partial charge in [-0.1, -0.05) is 0 Å². The van der Waals surface area contributed by atoms with Crippen LogP contribution in [0, 0.1) is 0 Å². The van der Waals surface area contributed by atoms with Crippen molar-refractivity contribution in [3.63, 3.8) is 0 Å². The van der Waals surface area contributed by atoms with E-state index in [-0.39, 0.29) is 18.7 Å². The lowest BCUT2D eigenvalue weighted by Crippen LogP contribution is -2.21. The van der Waals surface area contributed by atoms with Gasteiger partial charge in [-0.2, -0.15) is 0 Å². The predicted octanol–water partition coefficient (Wildman–Crippen LogP) is 0.337. The van der Waals surface area contributed by atoms with Crippen LogP contribution in [0.15, 0.2) is 0 Å². The minimum absolute atomic E-state index is 0.113. The molecule has 4 heteroatoms.